The highest BCUT2D eigenvalue weighted by atomic mass is 32.1. The fourth-order valence-electron chi connectivity index (χ4n) is 1.29. The van der Waals surface area contributed by atoms with Crippen LogP contribution in [0, 0.1) is 0 Å². The van der Waals surface area contributed by atoms with Crippen LogP contribution in [0.2, 0.25) is 0 Å². The van der Waals surface area contributed by atoms with Crippen LogP contribution in [0.15, 0.2) is 18.2 Å². The number of ether oxygens (including phenoxy) is 1. The van der Waals surface area contributed by atoms with Gasteiger partial charge in [0.1, 0.15) is 5.75 Å². The molecule has 0 fully saturated rings. The quantitative estimate of drug-likeness (QED) is 0.836. The molecule has 1 aromatic carbocycles. The molecule has 0 saturated heterocycles. The van der Waals surface area contributed by atoms with Crippen LogP contribution in [-0.4, -0.2) is 12.1 Å². The van der Waals surface area contributed by atoms with E-state index in [0.717, 1.165) is 6.07 Å². The minimum absolute atomic E-state index is 0.141. The largest absolute Gasteiger partial charge is 0.496 e. The van der Waals surface area contributed by atoms with Crippen molar-refractivity contribution in [3.8, 4) is 5.75 Å². The minimum Gasteiger partial charge on any atom is -0.496 e. The maximum atomic E-state index is 12.6. The number of methoxy groups -OCH3 is 1. The topological polar surface area (TPSA) is 35.2 Å². The van der Waals surface area contributed by atoms with E-state index in [1.54, 1.807) is 0 Å². The van der Waals surface area contributed by atoms with Crippen molar-refractivity contribution >= 4 is 17.2 Å². The molecule has 6 heteroatoms. The predicted molar refractivity (Wildman–Crippen MR) is 58.5 cm³/mol. The Labute approximate surface area is 96.2 Å². The van der Waals surface area contributed by atoms with Crippen LogP contribution in [0.5, 0.6) is 5.75 Å². The molecular weight excluding hydrogens is 239 g/mol. The van der Waals surface area contributed by atoms with Crippen LogP contribution in [0.1, 0.15) is 11.1 Å². The Morgan fingerprint density at radius 2 is 2.06 bits per heavy atom. The highest BCUT2D eigenvalue weighted by Crippen LogP contribution is 2.36. The molecule has 1 aromatic rings. The molecule has 1 rings (SSSR count). The lowest BCUT2D eigenvalue weighted by Gasteiger charge is -2.13. The molecule has 0 spiro atoms. The number of benzene rings is 1. The standard InChI is InChI=1S/C10H10F3NOS/c1-15-8-3-2-6(5-9(14)16)4-7(8)10(11,12)13/h2-4H,5H2,1H3,(H2,14,16). The molecule has 0 heterocycles. The fourth-order valence-corrected chi connectivity index (χ4v) is 1.45. The van der Waals surface area contributed by atoms with E-state index in [9.17, 15) is 13.2 Å². The van der Waals surface area contributed by atoms with Crippen molar-refractivity contribution in [2.45, 2.75) is 12.6 Å². The van der Waals surface area contributed by atoms with Crippen LogP contribution in [0.25, 0.3) is 0 Å². The van der Waals surface area contributed by atoms with Crippen molar-refractivity contribution in [1.82, 2.24) is 0 Å². The van der Waals surface area contributed by atoms with E-state index in [0.29, 0.717) is 5.56 Å². The van der Waals surface area contributed by atoms with Crippen molar-refractivity contribution in [3.63, 3.8) is 0 Å². The van der Waals surface area contributed by atoms with Gasteiger partial charge >= 0.3 is 6.18 Å². The summed E-state index contributed by atoms with van der Waals surface area (Å²) in [5.41, 5.74) is 4.87. The van der Waals surface area contributed by atoms with Crippen molar-refractivity contribution in [1.29, 1.82) is 0 Å². The molecule has 2 N–H and O–H groups in total. The number of halogens is 3. The lowest BCUT2D eigenvalue weighted by Crippen LogP contribution is -2.13. The molecule has 0 saturated carbocycles. The van der Waals surface area contributed by atoms with Crippen molar-refractivity contribution < 1.29 is 17.9 Å². The second-order valence-electron chi connectivity index (χ2n) is 3.18. The zero-order chi connectivity index (χ0) is 12.3. The highest BCUT2D eigenvalue weighted by Gasteiger charge is 2.34. The third-order valence-corrected chi connectivity index (χ3v) is 2.09. The van der Waals surface area contributed by atoms with Gasteiger partial charge in [-0.2, -0.15) is 13.2 Å². The van der Waals surface area contributed by atoms with Gasteiger partial charge in [-0.25, -0.2) is 0 Å². The second-order valence-corrected chi connectivity index (χ2v) is 3.70. The number of thiocarbonyl (C=S) groups is 1. The molecule has 0 aliphatic rings. The molecule has 0 amide bonds. The number of hydrogen-bond donors (Lipinski definition) is 1. The predicted octanol–water partition coefficient (Wildman–Crippen LogP) is 2.54. The van der Waals surface area contributed by atoms with E-state index in [4.69, 9.17) is 5.73 Å². The minimum atomic E-state index is -4.45. The Hall–Kier alpha value is -1.30. The van der Waals surface area contributed by atoms with Gasteiger partial charge in [0.25, 0.3) is 0 Å². The Morgan fingerprint density at radius 1 is 1.44 bits per heavy atom. The lowest BCUT2D eigenvalue weighted by atomic mass is 10.1. The summed E-state index contributed by atoms with van der Waals surface area (Å²) in [4.78, 5) is 0.151. The molecule has 88 valence electrons. The van der Waals surface area contributed by atoms with Crippen LogP contribution in [0.3, 0.4) is 0 Å². The molecule has 0 bridgehead atoms. The number of rotatable bonds is 3. The maximum absolute atomic E-state index is 12.6. The van der Waals surface area contributed by atoms with Gasteiger partial charge < -0.3 is 10.5 Å². The lowest BCUT2D eigenvalue weighted by molar-refractivity contribution is -0.138. The first kappa shape index (κ1) is 12.8. The summed E-state index contributed by atoms with van der Waals surface area (Å²) in [6, 6.07) is 3.77. The van der Waals surface area contributed by atoms with Gasteiger partial charge in [-0.3, -0.25) is 0 Å². The van der Waals surface area contributed by atoms with E-state index in [1.807, 2.05) is 0 Å². The third-order valence-electron chi connectivity index (χ3n) is 1.95. The maximum Gasteiger partial charge on any atom is 0.419 e. The summed E-state index contributed by atoms with van der Waals surface area (Å²) < 4.78 is 42.5. The molecule has 0 aromatic heterocycles. The van der Waals surface area contributed by atoms with E-state index in [2.05, 4.69) is 17.0 Å². The molecule has 0 aliphatic carbocycles. The number of nitrogens with two attached hydrogens (primary N) is 1. The summed E-state index contributed by atoms with van der Waals surface area (Å²) in [7, 11) is 1.19. The van der Waals surface area contributed by atoms with Crippen LogP contribution in [-0.2, 0) is 12.6 Å². The highest BCUT2D eigenvalue weighted by molar-refractivity contribution is 7.80. The Bertz CT molecular complexity index is 404. The summed E-state index contributed by atoms with van der Waals surface area (Å²) in [6.07, 6.45) is -4.31. The molecule has 2 nitrogen and oxygen atoms in total. The average Bonchev–Trinajstić information content (AvgIpc) is 2.15. The van der Waals surface area contributed by atoms with Crippen molar-refractivity contribution in [2.24, 2.45) is 5.73 Å². The third kappa shape index (κ3) is 3.10. The zero-order valence-electron chi connectivity index (χ0n) is 8.47. The van der Waals surface area contributed by atoms with E-state index >= 15 is 0 Å². The number of alkyl halides is 3. The van der Waals surface area contributed by atoms with E-state index in [-0.39, 0.29) is 17.2 Å². The zero-order valence-corrected chi connectivity index (χ0v) is 9.28. The van der Waals surface area contributed by atoms with Crippen molar-refractivity contribution in [3.05, 3.63) is 29.3 Å². The smallest absolute Gasteiger partial charge is 0.419 e. The molecule has 0 unspecified atom stereocenters. The van der Waals surface area contributed by atoms with Gasteiger partial charge in [-0.05, 0) is 17.7 Å². The molecular formula is C10H10F3NOS. The SMILES string of the molecule is COc1ccc(CC(N)=S)cc1C(F)(F)F. The normalized spacial score (nSPS) is 11.2. The first-order chi connectivity index (χ1) is 7.34. The van der Waals surface area contributed by atoms with Gasteiger partial charge in [0.15, 0.2) is 0 Å². The molecule has 0 atom stereocenters. The van der Waals surface area contributed by atoms with E-state index in [1.165, 1.54) is 19.2 Å². The summed E-state index contributed by atoms with van der Waals surface area (Å²) >= 11 is 4.64. The van der Waals surface area contributed by atoms with E-state index < -0.39 is 11.7 Å². The Kier molecular flexibility index (Phi) is 3.74. The first-order valence-corrected chi connectivity index (χ1v) is 4.78. The van der Waals surface area contributed by atoms with Gasteiger partial charge in [0, 0.05) is 6.42 Å². The first-order valence-electron chi connectivity index (χ1n) is 4.37. The van der Waals surface area contributed by atoms with Gasteiger partial charge in [0.05, 0.1) is 17.7 Å². The summed E-state index contributed by atoms with van der Waals surface area (Å²) in [5.74, 6) is -0.209. The Morgan fingerprint density at radius 3 is 2.50 bits per heavy atom. The van der Waals surface area contributed by atoms with Crippen LogP contribution >= 0.6 is 12.2 Å². The number of hydrogen-bond acceptors (Lipinski definition) is 2. The molecule has 0 aliphatic heterocycles. The van der Waals surface area contributed by atoms with Gasteiger partial charge in [-0.1, -0.05) is 18.3 Å². The summed E-state index contributed by atoms with van der Waals surface area (Å²) in [5, 5.41) is 0. The van der Waals surface area contributed by atoms with Crippen molar-refractivity contribution in [2.75, 3.05) is 7.11 Å². The van der Waals surface area contributed by atoms with Crippen LogP contribution < -0.4 is 10.5 Å². The van der Waals surface area contributed by atoms with Gasteiger partial charge in [0.2, 0.25) is 0 Å². The average molecular weight is 249 g/mol. The van der Waals surface area contributed by atoms with Crippen LogP contribution in [0.4, 0.5) is 13.2 Å². The summed E-state index contributed by atoms with van der Waals surface area (Å²) in [6.45, 7) is 0. The second kappa shape index (κ2) is 4.69. The van der Waals surface area contributed by atoms with Gasteiger partial charge in [-0.15, -0.1) is 0 Å². The fraction of sp³-hybridized carbons (Fsp3) is 0.300. The monoisotopic (exact) mass is 249 g/mol. The molecule has 16 heavy (non-hydrogen) atoms. The Balaban J connectivity index is 3.16. The molecule has 0 radical (unpaired) electrons.